The summed E-state index contributed by atoms with van der Waals surface area (Å²) in [7, 11) is 1.35. The van der Waals surface area contributed by atoms with Gasteiger partial charge in [0, 0.05) is 11.8 Å². The van der Waals surface area contributed by atoms with Crippen molar-refractivity contribution in [3.8, 4) is 0 Å². The van der Waals surface area contributed by atoms with Crippen LogP contribution in [0.3, 0.4) is 0 Å². The van der Waals surface area contributed by atoms with Crippen molar-refractivity contribution in [3.05, 3.63) is 29.0 Å². The van der Waals surface area contributed by atoms with Crippen LogP contribution < -0.4 is 0 Å². The maximum absolute atomic E-state index is 11.2. The number of hydrogen-bond donors (Lipinski definition) is 0. The molecule has 1 heterocycles. The van der Waals surface area contributed by atoms with Crippen LogP contribution in [0.15, 0.2) is 18.3 Å². The highest BCUT2D eigenvalue weighted by atomic mass is 35.5. The molecule has 3 nitrogen and oxygen atoms in total. The van der Waals surface area contributed by atoms with Crippen LogP contribution in [0.4, 0.5) is 0 Å². The molecule has 1 aromatic rings. The number of methoxy groups -OCH3 is 1. The molecule has 70 valence electrons. The van der Waals surface area contributed by atoms with E-state index < -0.39 is 0 Å². The van der Waals surface area contributed by atoms with Crippen LogP contribution >= 0.6 is 11.6 Å². The Kier molecular flexibility index (Phi) is 3.25. The smallest absolute Gasteiger partial charge is 0.312 e. The van der Waals surface area contributed by atoms with Gasteiger partial charge >= 0.3 is 5.97 Å². The van der Waals surface area contributed by atoms with E-state index in [2.05, 4.69) is 9.72 Å². The number of ether oxygens (including phenoxy) is 1. The van der Waals surface area contributed by atoms with Crippen molar-refractivity contribution in [1.29, 1.82) is 0 Å². The average molecular weight is 200 g/mol. The van der Waals surface area contributed by atoms with Crippen molar-refractivity contribution in [2.24, 2.45) is 0 Å². The summed E-state index contributed by atoms with van der Waals surface area (Å²) >= 11 is 5.80. The van der Waals surface area contributed by atoms with E-state index in [0.29, 0.717) is 10.7 Å². The zero-order chi connectivity index (χ0) is 9.84. The molecule has 13 heavy (non-hydrogen) atoms. The van der Waals surface area contributed by atoms with Gasteiger partial charge in [-0.25, -0.2) is 4.98 Å². The van der Waals surface area contributed by atoms with Gasteiger partial charge in [-0.2, -0.15) is 0 Å². The summed E-state index contributed by atoms with van der Waals surface area (Å²) in [6, 6.07) is 3.50. The first kappa shape index (κ1) is 9.99. The summed E-state index contributed by atoms with van der Waals surface area (Å²) in [6.07, 6.45) is 1.58. The number of halogens is 1. The van der Waals surface area contributed by atoms with Crippen LogP contribution in [-0.2, 0) is 9.53 Å². The van der Waals surface area contributed by atoms with Crippen molar-refractivity contribution in [1.82, 2.24) is 4.98 Å². The first-order valence-electron chi connectivity index (χ1n) is 3.85. The van der Waals surface area contributed by atoms with Crippen LogP contribution in [0, 0.1) is 0 Å². The monoisotopic (exact) mass is 199 g/mol. The van der Waals surface area contributed by atoms with Gasteiger partial charge < -0.3 is 4.74 Å². The number of carbonyl (C=O) groups is 1. The molecule has 0 aliphatic carbocycles. The van der Waals surface area contributed by atoms with Crippen molar-refractivity contribution in [2.75, 3.05) is 7.11 Å². The standard InChI is InChI=1S/C9H10ClNO2/c1-6(9(12)13-2)7-4-3-5-11-8(7)10/h3-6H,1-2H3. The number of aromatic nitrogens is 1. The summed E-state index contributed by atoms with van der Waals surface area (Å²) in [5.41, 5.74) is 0.691. The number of carbonyl (C=O) groups excluding carboxylic acids is 1. The molecule has 0 aliphatic rings. The number of pyridine rings is 1. The highest BCUT2D eigenvalue weighted by Crippen LogP contribution is 2.22. The molecule has 1 aromatic heterocycles. The number of rotatable bonds is 2. The number of hydrogen-bond acceptors (Lipinski definition) is 3. The minimum Gasteiger partial charge on any atom is -0.469 e. The Bertz CT molecular complexity index is 314. The van der Waals surface area contributed by atoms with Gasteiger partial charge in [-0.3, -0.25) is 4.79 Å². The molecule has 0 spiro atoms. The van der Waals surface area contributed by atoms with Crippen LogP contribution in [0.25, 0.3) is 0 Å². The second kappa shape index (κ2) is 4.23. The van der Waals surface area contributed by atoms with Gasteiger partial charge in [-0.1, -0.05) is 17.7 Å². The molecule has 0 saturated carbocycles. The highest BCUT2D eigenvalue weighted by Gasteiger charge is 2.18. The summed E-state index contributed by atoms with van der Waals surface area (Å²) in [6.45, 7) is 1.73. The lowest BCUT2D eigenvalue weighted by Gasteiger charge is -2.09. The third-order valence-corrected chi connectivity index (χ3v) is 2.12. The van der Waals surface area contributed by atoms with E-state index >= 15 is 0 Å². The van der Waals surface area contributed by atoms with Gasteiger partial charge in [0.15, 0.2) is 0 Å². The van der Waals surface area contributed by atoms with E-state index in [9.17, 15) is 4.79 Å². The van der Waals surface area contributed by atoms with E-state index in [1.807, 2.05) is 0 Å². The van der Waals surface area contributed by atoms with Crippen molar-refractivity contribution >= 4 is 17.6 Å². The number of esters is 1. The Balaban J connectivity index is 2.95. The largest absolute Gasteiger partial charge is 0.469 e. The summed E-state index contributed by atoms with van der Waals surface area (Å²) in [5, 5.41) is 0.348. The molecule has 1 unspecified atom stereocenters. The SMILES string of the molecule is COC(=O)C(C)c1cccnc1Cl. The molecule has 0 bridgehead atoms. The van der Waals surface area contributed by atoms with Gasteiger partial charge in [0.05, 0.1) is 13.0 Å². The Morgan fingerprint density at radius 1 is 1.69 bits per heavy atom. The molecule has 4 heteroatoms. The van der Waals surface area contributed by atoms with Crippen molar-refractivity contribution < 1.29 is 9.53 Å². The molecule has 0 N–H and O–H groups in total. The maximum Gasteiger partial charge on any atom is 0.312 e. The van der Waals surface area contributed by atoms with Crippen molar-refractivity contribution in [2.45, 2.75) is 12.8 Å². The van der Waals surface area contributed by atoms with Crippen molar-refractivity contribution in [3.63, 3.8) is 0 Å². The van der Waals surface area contributed by atoms with Crippen LogP contribution in [0.5, 0.6) is 0 Å². The van der Waals surface area contributed by atoms with Crippen LogP contribution in [0.1, 0.15) is 18.4 Å². The molecule has 1 atom stereocenters. The lowest BCUT2D eigenvalue weighted by atomic mass is 10.0. The van der Waals surface area contributed by atoms with Gasteiger partial charge in [0.2, 0.25) is 0 Å². The first-order chi connectivity index (χ1) is 6.16. The first-order valence-corrected chi connectivity index (χ1v) is 4.23. The second-order valence-corrected chi connectivity index (χ2v) is 2.99. The average Bonchev–Trinajstić information content (AvgIpc) is 2.16. The normalized spacial score (nSPS) is 12.2. The quantitative estimate of drug-likeness (QED) is 0.540. The fraction of sp³-hybridized carbons (Fsp3) is 0.333. The van der Waals surface area contributed by atoms with E-state index in [1.165, 1.54) is 7.11 Å². The Morgan fingerprint density at radius 3 is 2.92 bits per heavy atom. The van der Waals surface area contributed by atoms with Gasteiger partial charge in [0.25, 0.3) is 0 Å². The summed E-state index contributed by atoms with van der Waals surface area (Å²) < 4.78 is 4.60. The zero-order valence-corrected chi connectivity index (χ0v) is 8.21. The topological polar surface area (TPSA) is 39.2 Å². The van der Waals surface area contributed by atoms with Crippen LogP contribution in [-0.4, -0.2) is 18.1 Å². The fourth-order valence-corrected chi connectivity index (χ4v) is 1.31. The minimum atomic E-state index is -0.369. The molecular weight excluding hydrogens is 190 g/mol. The third-order valence-electron chi connectivity index (χ3n) is 1.81. The maximum atomic E-state index is 11.2. The summed E-state index contributed by atoms with van der Waals surface area (Å²) in [5.74, 6) is -0.680. The lowest BCUT2D eigenvalue weighted by Crippen LogP contribution is -2.11. The molecule has 0 saturated heterocycles. The predicted molar refractivity (Wildman–Crippen MR) is 49.7 cm³/mol. The highest BCUT2D eigenvalue weighted by molar-refractivity contribution is 6.30. The van der Waals surface area contributed by atoms with Gasteiger partial charge in [0.1, 0.15) is 5.15 Å². The molecule has 1 rings (SSSR count). The molecular formula is C9H10ClNO2. The predicted octanol–water partition coefficient (Wildman–Crippen LogP) is 2.01. The van der Waals surface area contributed by atoms with E-state index in [1.54, 1.807) is 25.3 Å². The lowest BCUT2D eigenvalue weighted by molar-refractivity contribution is -0.141. The molecule has 0 amide bonds. The third kappa shape index (κ3) is 2.18. The van der Waals surface area contributed by atoms with Gasteiger partial charge in [-0.05, 0) is 13.0 Å². The minimum absolute atomic E-state index is 0.310. The molecule has 0 fully saturated rings. The van der Waals surface area contributed by atoms with E-state index in [4.69, 9.17) is 11.6 Å². The Labute approximate surface area is 81.7 Å². The summed E-state index contributed by atoms with van der Waals surface area (Å²) in [4.78, 5) is 15.0. The Hall–Kier alpha value is -1.09. The van der Waals surface area contributed by atoms with Crippen LogP contribution in [0.2, 0.25) is 5.15 Å². The fourth-order valence-electron chi connectivity index (χ4n) is 1.03. The Morgan fingerprint density at radius 2 is 2.38 bits per heavy atom. The van der Waals surface area contributed by atoms with Gasteiger partial charge in [-0.15, -0.1) is 0 Å². The van der Waals surface area contributed by atoms with E-state index in [0.717, 1.165) is 0 Å². The zero-order valence-electron chi connectivity index (χ0n) is 7.45. The molecule has 0 aromatic carbocycles. The molecule has 0 radical (unpaired) electrons. The second-order valence-electron chi connectivity index (χ2n) is 2.63. The molecule has 0 aliphatic heterocycles. The number of nitrogens with zero attached hydrogens (tertiary/aromatic N) is 1. The van der Waals surface area contributed by atoms with E-state index in [-0.39, 0.29) is 11.9 Å².